The van der Waals surface area contributed by atoms with Gasteiger partial charge in [0.2, 0.25) is 5.91 Å². The molecule has 1 atom stereocenters. The number of amides is 1. The number of nitrogens with zero attached hydrogens (tertiary/aromatic N) is 2. The molecule has 1 unspecified atom stereocenters. The van der Waals surface area contributed by atoms with Crippen molar-refractivity contribution in [2.75, 3.05) is 33.8 Å². The van der Waals surface area contributed by atoms with E-state index in [0.717, 1.165) is 83.7 Å². The molecule has 0 fully saturated rings. The Kier molecular flexibility index (Phi) is 47.1. The van der Waals surface area contributed by atoms with Gasteiger partial charge in [0.05, 0.1) is 6.61 Å². The van der Waals surface area contributed by atoms with Gasteiger partial charge >= 0.3 is 5.97 Å². The number of hydrogen-bond donors (Lipinski definition) is 0. The number of carbonyl (C=O) groups excluding carboxylic acids is 2. The number of esters is 1. The Hall–Kier alpha value is -1.88. The summed E-state index contributed by atoms with van der Waals surface area (Å²) in [7, 11) is 4.27. The minimum absolute atomic E-state index is 0.198. The molecular weight excluding hydrogens is 761 g/mol. The van der Waals surface area contributed by atoms with E-state index in [0.29, 0.717) is 30.9 Å². The molecule has 0 radical (unpaired) electrons. The SMILES string of the molecule is CCCCC/C=C\CCCC(CCC/C=C\CCCCC)CN(C(=O)CCCCN(C)C)C(CCCCC=CC(=O)OCCCCCCCCCC)CCCCCCCCCC. The predicted molar refractivity (Wildman–Crippen MR) is 274 cm³/mol. The van der Waals surface area contributed by atoms with Gasteiger partial charge in [-0.15, -0.1) is 0 Å². The molecule has 0 rings (SSSR count). The summed E-state index contributed by atoms with van der Waals surface area (Å²) in [5.74, 6) is 0.740. The lowest BCUT2D eigenvalue weighted by atomic mass is 9.92. The summed E-state index contributed by atoms with van der Waals surface area (Å²) >= 11 is 0. The van der Waals surface area contributed by atoms with Crippen molar-refractivity contribution in [2.45, 2.75) is 278 Å². The van der Waals surface area contributed by atoms with Crippen LogP contribution in [0.2, 0.25) is 0 Å². The zero-order valence-corrected chi connectivity index (χ0v) is 42.7. The Labute approximate surface area is 388 Å². The molecule has 0 saturated carbocycles. The summed E-state index contributed by atoms with van der Waals surface area (Å²) in [6, 6.07) is 0.302. The van der Waals surface area contributed by atoms with Crippen LogP contribution in [0.4, 0.5) is 0 Å². The molecular formula is C57H108N2O3. The van der Waals surface area contributed by atoms with Crippen molar-refractivity contribution in [3.05, 3.63) is 36.5 Å². The molecule has 0 bridgehead atoms. The zero-order chi connectivity index (χ0) is 45.4. The van der Waals surface area contributed by atoms with Crippen LogP contribution in [0.15, 0.2) is 36.5 Å². The summed E-state index contributed by atoms with van der Waals surface area (Å²) in [4.78, 5) is 31.5. The third kappa shape index (κ3) is 42.1. The molecule has 364 valence electrons. The largest absolute Gasteiger partial charge is 0.463 e. The van der Waals surface area contributed by atoms with E-state index in [9.17, 15) is 9.59 Å². The average molecular weight is 870 g/mol. The second-order valence-corrected chi connectivity index (χ2v) is 19.2. The van der Waals surface area contributed by atoms with Crippen LogP contribution in [0, 0.1) is 5.92 Å². The van der Waals surface area contributed by atoms with Gasteiger partial charge in [-0.3, -0.25) is 4.79 Å². The molecule has 62 heavy (non-hydrogen) atoms. The fourth-order valence-electron chi connectivity index (χ4n) is 8.70. The Bertz CT molecular complexity index is 1010. The normalized spacial score (nSPS) is 12.6. The standard InChI is InChI=1S/C57H108N2O3/c1-7-11-15-19-23-27-31-37-45-54(46-38-32-28-24-20-16-12-8-2)53-59(56(60)49-42-43-51-58(5)6)55(47-39-33-29-25-21-17-13-9-3)48-40-34-35-41-50-57(61)62-52-44-36-30-26-22-18-14-10-4/h23-24,27-28,41,50,54-55H,7-22,25-26,29-40,42-49,51-53H2,1-6H3/b27-23-,28-24-,50-41?. The number of carbonyl (C=O) groups is 2. The van der Waals surface area contributed by atoms with E-state index in [1.807, 2.05) is 6.08 Å². The Morgan fingerprint density at radius 1 is 0.452 bits per heavy atom. The Balaban J connectivity index is 5.75. The third-order valence-electron chi connectivity index (χ3n) is 12.8. The van der Waals surface area contributed by atoms with Crippen LogP contribution in [-0.4, -0.2) is 61.5 Å². The first-order valence-corrected chi connectivity index (χ1v) is 27.5. The molecule has 0 aliphatic heterocycles. The molecule has 0 aromatic heterocycles. The predicted octanol–water partition coefficient (Wildman–Crippen LogP) is 17.5. The van der Waals surface area contributed by atoms with Crippen LogP contribution in [0.5, 0.6) is 0 Å². The van der Waals surface area contributed by atoms with E-state index < -0.39 is 0 Å². The summed E-state index contributed by atoms with van der Waals surface area (Å²) in [5.41, 5.74) is 0. The number of unbranched alkanes of at least 4 members (excludes halogenated alkanes) is 25. The van der Waals surface area contributed by atoms with Crippen molar-refractivity contribution in [1.82, 2.24) is 9.80 Å². The maximum absolute atomic E-state index is 14.4. The fourth-order valence-corrected chi connectivity index (χ4v) is 8.70. The minimum Gasteiger partial charge on any atom is -0.463 e. The van der Waals surface area contributed by atoms with Crippen molar-refractivity contribution < 1.29 is 14.3 Å². The average Bonchev–Trinajstić information content (AvgIpc) is 3.26. The molecule has 0 aliphatic carbocycles. The summed E-state index contributed by atoms with van der Waals surface area (Å²) in [6.07, 6.45) is 59.1. The highest BCUT2D eigenvalue weighted by Gasteiger charge is 2.26. The number of ether oxygens (including phenoxy) is 1. The lowest BCUT2D eigenvalue weighted by molar-refractivity contribution is -0.138. The monoisotopic (exact) mass is 869 g/mol. The number of allylic oxidation sites excluding steroid dienone is 5. The first kappa shape index (κ1) is 60.1. The second kappa shape index (κ2) is 48.6. The molecule has 0 heterocycles. The van der Waals surface area contributed by atoms with Gasteiger partial charge in [-0.1, -0.05) is 186 Å². The number of hydrogen-bond acceptors (Lipinski definition) is 4. The van der Waals surface area contributed by atoms with E-state index in [2.05, 4.69) is 75.9 Å². The lowest BCUT2D eigenvalue weighted by Gasteiger charge is -2.36. The molecule has 0 aromatic rings. The van der Waals surface area contributed by atoms with Crippen LogP contribution in [0.25, 0.3) is 0 Å². The van der Waals surface area contributed by atoms with Crippen molar-refractivity contribution in [3.63, 3.8) is 0 Å². The topological polar surface area (TPSA) is 49.9 Å². The number of rotatable bonds is 48. The van der Waals surface area contributed by atoms with Crippen molar-refractivity contribution >= 4 is 11.9 Å². The molecule has 0 N–H and O–H groups in total. The summed E-state index contributed by atoms with van der Waals surface area (Å²) < 4.78 is 5.51. The molecule has 0 saturated heterocycles. The van der Waals surface area contributed by atoms with Gasteiger partial charge in [0, 0.05) is 25.1 Å². The fraction of sp³-hybridized carbons (Fsp3) is 0.860. The smallest absolute Gasteiger partial charge is 0.330 e. The maximum Gasteiger partial charge on any atom is 0.330 e. The first-order valence-electron chi connectivity index (χ1n) is 27.5. The van der Waals surface area contributed by atoms with E-state index >= 15 is 0 Å². The van der Waals surface area contributed by atoms with Crippen LogP contribution in [-0.2, 0) is 14.3 Å². The quantitative estimate of drug-likeness (QED) is 0.0265. The highest BCUT2D eigenvalue weighted by atomic mass is 16.5. The molecule has 0 spiro atoms. The van der Waals surface area contributed by atoms with Gasteiger partial charge in [-0.05, 0) is 136 Å². The second-order valence-electron chi connectivity index (χ2n) is 19.2. The van der Waals surface area contributed by atoms with Crippen molar-refractivity contribution in [1.29, 1.82) is 0 Å². The van der Waals surface area contributed by atoms with Gasteiger partial charge in [0.15, 0.2) is 0 Å². The highest BCUT2D eigenvalue weighted by molar-refractivity contribution is 5.81. The summed E-state index contributed by atoms with van der Waals surface area (Å²) in [5, 5.41) is 0. The van der Waals surface area contributed by atoms with Crippen LogP contribution in [0.1, 0.15) is 272 Å². The summed E-state index contributed by atoms with van der Waals surface area (Å²) in [6.45, 7) is 11.6. The molecule has 0 aromatic carbocycles. The van der Waals surface area contributed by atoms with Gasteiger partial charge < -0.3 is 14.5 Å². The Morgan fingerprint density at radius 3 is 1.39 bits per heavy atom. The maximum atomic E-state index is 14.4. The van der Waals surface area contributed by atoms with E-state index in [1.165, 1.54) is 167 Å². The van der Waals surface area contributed by atoms with Gasteiger partial charge in [-0.25, -0.2) is 4.79 Å². The molecule has 5 heteroatoms. The molecule has 5 nitrogen and oxygen atoms in total. The molecule has 0 aliphatic rings. The lowest BCUT2D eigenvalue weighted by Crippen LogP contribution is -2.43. The van der Waals surface area contributed by atoms with Crippen molar-refractivity contribution in [2.24, 2.45) is 5.92 Å². The van der Waals surface area contributed by atoms with Crippen LogP contribution < -0.4 is 0 Å². The van der Waals surface area contributed by atoms with E-state index in [-0.39, 0.29) is 5.97 Å². The van der Waals surface area contributed by atoms with Crippen LogP contribution in [0.3, 0.4) is 0 Å². The highest BCUT2D eigenvalue weighted by Crippen LogP contribution is 2.26. The van der Waals surface area contributed by atoms with Gasteiger partial charge in [0.25, 0.3) is 0 Å². The minimum atomic E-state index is -0.198. The zero-order valence-electron chi connectivity index (χ0n) is 42.7. The van der Waals surface area contributed by atoms with Crippen molar-refractivity contribution in [3.8, 4) is 0 Å². The van der Waals surface area contributed by atoms with Gasteiger partial charge in [-0.2, -0.15) is 0 Å². The van der Waals surface area contributed by atoms with Crippen LogP contribution >= 0.6 is 0 Å². The first-order chi connectivity index (χ1) is 30.4. The van der Waals surface area contributed by atoms with Gasteiger partial charge in [0.1, 0.15) is 0 Å². The Morgan fingerprint density at radius 2 is 0.871 bits per heavy atom. The van der Waals surface area contributed by atoms with E-state index in [1.54, 1.807) is 6.08 Å². The third-order valence-corrected chi connectivity index (χ3v) is 12.8. The van der Waals surface area contributed by atoms with E-state index in [4.69, 9.17) is 4.74 Å². The molecule has 1 amide bonds.